The van der Waals surface area contributed by atoms with Gasteiger partial charge < -0.3 is 5.32 Å². The van der Waals surface area contributed by atoms with Crippen LogP contribution in [0, 0.1) is 11.3 Å². The Balaban J connectivity index is 2.08. The average molecular weight is 237 g/mol. The standard InChI is InChI=1S/C10H11N3O2S/c11-6-10-5-8(1-3-12-10)13-9-2-4-16(14,15)7-9/h1,3,5,9H,2,4,7H2,(H,12,13). The van der Waals surface area contributed by atoms with Crippen LogP contribution < -0.4 is 5.32 Å². The number of sulfone groups is 1. The maximum atomic E-state index is 11.2. The Kier molecular flexibility index (Phi) is 2.79. The molecule has 1 fully saturated rings. The zero-order chi connectivity index (χ0) is 11.6. The number of aromatic nitrogens is 1. The highest BCUT2D eigenvalue weighted by Gasteiger charge is 2.27. The minimum atomic E-state index is -2.87. The van der Waals surface area contributed by atoms with Gasteiger partial charge in [-0.25, -0.2) is 13.4 Å². The molecule has 0 spiro atoms. The highest BCUT2D eigenvalue weighted by molar-refractivity contribution is 7.91. The summed E-state index contributed by atoms with van der Waals surface area (Å²) in [5, 5.41) is 11.8. The van der Waals surface area contributed by atoms with Crippen LogP contribution in [0.15, 0.2) is 18.3 Å². The summed E-state index contributed by atoms with van der Waals surface area (Å²) in [6, 6.07) is 5.23. The van der Waals surface area contributed by atoms with Crippen LogP contribution in [0.2, 0.25) is 0 Å². The first kappa shape index (κ1) is 10.9. The van der Waals surface area contributed by atoms with E-state index >= 15 is 0 Å². The van der Waals surface area contributed by atoms with Crippen LogP contribution in [0.3, 0.4) is 0 Å². The van der Waals surface area contributed by atoms with Crippen molar-refractivity contribution in [2.45, 2.75) is 12.5 Å². The van der Waals surface area contributed by atoms with Crippen molar-refractivity contribution >= 4 is 15.5 Å². The fourth-order valence-electron chi connectivity index (χ4n) is 1.73. The van der Waals surface area contributed by atoms with Gasteiger partial charge in [0.15, 0.2) is 9.84 Å². The highest BCUT2D eigenvalue weighted by Crippen LogP contribution is 2.17. The summed E-state index contributed by atoms with van der Waals surface area (Å²) < 4.78 is 22.5. The highest BCUT2D eigenvalue weighted by atomic mass is 32.2. The van der Waals surface area contributed by atoms with Gasteiger partial charge >= 0.3 is 0 Å². The molecular weight excluding hydrogens is 226 g/mol. The summed E-state index contributed by atoms with van der Waals surface area (Å²) in [5.74, 6) is 0.401. The number of nitriles is 1. The summed E-state index contributed by atoms with van der Waals surface area (Å²) in [6.45, 7) is 0. The van der Waals surface area contributed by atoms with Gasteiger partial charge in [-0.3, -0.25) is 0 Å². The molecule has 5 nitrogen and oxygen atoms in total. The molecule has 0 bridgehead atoms. The Morgan fingerprint density at radius 1 is 1.56 bits per heavy atom. The molecule has 2 heterocycles. The van der Waals surface area contributed by atoms with Crippen molar-refractivity contribution in [3.05, 3.63) is 24.0 Å². The number of hydrogen-bond acceptors (Lipinski definition) is 5. The number of nitrogens with zero attached hydrogens (tertiary/aromatic N) is 2. The summed E-state index contributed by atoms with van der Waals surface area (Å²) in [7, 11) is -2.87. The van der Waals surface area contributed by atoms with Crippen molar-refractivity contribution in [1.82, 2.24) is 4.98 Å². The quantitative estimate of drug-likeness (QED) is 0.812. The van der Waals surface area contributed by atoms with Gasteiger partial charge in [0, 0.05) is 17.9 Å². The molecule has 1 N–H and O–H groups in total. The van der Waals surface area contributed by atoms with E-state index in [4.69, 9.17) is 5.26 Å². The third-order valence-electron chi connectivity index (χ3n) is 2.48. The number of anilines is 1. The second-order valence-corrected chi connectivity index (χ2v) is 6.01. The Morgan fingerprint density at radius 2 is 2.38 bits per heavy atom. The molecular formula is C10H11N3O2S. The largest absolute Gasteiger partial charge is 0.381 e. The third-order valence-corrected chi connectivity index (χ3v) is 4.25. The molecule has 1 unspecified atom stereocenters. The Bertz CT molecular complexity index is 533. The fraction of sp³-hybridized carbons (Fsp3) is 0.400. The van der Waals surface area contributed by atoms with Gasteiger partial charge in [-0.15, -0.1) is 0 Å². The lowest BCUT2D eigenvalue weighted by atomic mass is 10.2. The topological polar surface area (TPSA) is 82.9 Å². The van der Waals surface area contributed by atoms with E-state index in [9.17, 15) is 8.42 Å². The van der Waals surface area contributed by atoms with Crippen LogP contribution in [0.4, 0.5) is 5.69 Å². The van der Waals surface area contributed by atoms with E-state index in [-0.39, 0.29) is 17.5 Å². The zero-order valence-corrected chi connectivity index (χ0v) is 9.37. The molecule has 0 radical (unpaired) electrons. The van der Waals surface area contributed by atoms with Gasteiger partial charge in [0.2, 0.25) is 0 Å². The number of rotatable bonds is 2. The van der Waals surface area contributed by atoms with Crippen LogP contribution >= 0.6 is 0 Å². The summed E-state index contributed by atoms with van der Waals surface area (Å²) in [4.78, 5) is 3.84. The first-order valence-electron chi connectivity index (χ1n) is 4.92. The van der Waals surface area contributed by atoms with Gasteiger partial charge in [-0.2, -0.15) is 5.26 Å². The molecule has 1 aromatic rings. The number of nitrogens with one attached hydrogen (secondary N) is 1. The Morgan fingerprint density at radius 3 is 3.00 bits per heavy atom. The van der Waals surface area contributed by atoms with Crippen LogP contribution in [-0.2, 0) is 9.84 Å². The van der Waals surface area contributed by atoms with Crippen LogP contribution in [0.5, 0.6) is 0 Å². The third kappa shape index (κ3) is 2.49. The average Bonchev–Trinajstić information content (AvgIpc) is 2.58. The molecule has 16 heavy (non-hydrogen) atoms. The van der Waals surface area contributed by atoms with E-state index in [0.717, 1.165) is 5.69 Å². The SMILES string of the molecule is N#Cc1cc(NC2CCS(=O)(=O)C2)ccn1. The van der Waals surface area contributed by atoms with Crippen molar-refractivity contribution in [2.75, 3.05) is 16.8 Å². The molecule has 1 atom stereocenters. The lowest BCUT2D eigenvalue weighted by Gasteiger charge is -2.11. The molecule has 0 saturated carbocycles. The van der Waals surface area contributed by atoms with Crippen molar-refractivity contribution in [3.8, 4) is 6.07 Å². The normalized spacial score (nSPS) is 22.6. The van der Waals surface area contributed by atoms with Gasteiger partial charge in [0.1, 0.15) is 11.8 Å². The molecule has 1 aliphatic rings. The monoisotopic (exact) mass is 237 g/mol. The minimum absolute atomic E-state index is 0.0565. The van der Waals surface area contributed by atoms with E-state index in [1.54, 1.807) is 12.1 Å². The second-order valence-electron chi connectivity index (χ2n) is 3.79. The predicted octanol–water partition coefficient (Wildman–Crippen LogP) is 0.552. The molecule has 2 rings (SSSR count). The predicted molar refractivity (Wildman–Crippen MR) is 59.6 cm³/mol. The molecule has 0 aromatic carbocycles. The van der Waals surface area contributed by atoms with Crippen molar-refractivity contribution < 1.29 is 8.42 Å². The lowest BCUT2D eigenvalue weighted by Crippen LogP contribution is -2.20. The van der Waals surface area contributed by atoms with Gasteiger partial charge in [-0.1, -0.05) is 0 Å². The number of hydrogen-bond donors (Lipinski definition) is 1. The van der Waals surface area contributed by atoms with Gasteiger partial charge in [0.25, 0.3) is 0 Å². The second kappa shape index (κ2) is 4.10. The molecule has 0 aliphatic carbocycles. The van der Waals surface area contributed by atoms with Crippen molar-refractivity contribution in [2.24, 2.45) is 0 Å². The van der Waals surface area contributed by atoms with Crippen molar-refractivity contribution in [1.29, 1.82) is 5.26 Å². The van der Waals surface area contributed by atoms with Crippen LogP contribution in [0.25, 0.3) is 0 Å². The van der Waals surface area contributed by atoms with E-state index < -0.39 is 9.84 Å². The van der Waals surface area contributed by atoms with Gasteiger partial charge in [-0.05, 0) is 18.6 Å². The van der Waals surface area contributed by atoms with Crippen LogP contribution in [0.1, 0.15) is 12.1 Å². The molecule has 1 saturated heterocycles. The van der Waals surface area contributed by atoms with E-state index in [1.165, 1.54) is 6.20 Å². The number of pyridine rings is 1. The first-order chi connectivity index (χ1) is 7.59. The molecule has 84 valence electrons. The first-order valence-corrected chi connectivity index (χ1v) is 6.74. The Labute approximate surface area is 94.0 Å². The maximum absolute atomic E-state index is 11.2. The summed E-state index contributed by atoms with van der Waals surface area (Å²) in [6.07, 6.45) is 2.15. The molecule has 1 aliphatic heterocycles. The molecule has 0 amide bonds. The van der Waals surface area contributed by atoms with E-state index in [2.05, 4.69) is 10.3 Å². The summed E-state index contributed by atoms with van der Waals surface area (Å²) in [5.41, 5.74) is 1.07. The summed E-state index contributed by atoms with van der Waals surface area (Å²) >= 11 is 0. The van der Waals surface area contributed by atoms with E-state index in [0.29, 0.717) is 12.1 Å². The maximum Gasteiger partial charge on any atom is 0.152 e. The fourth-order valence-corrected chi connectivity index (χ4v) is 3.40. The molecule has 6 heteroatoms. The van der Waals surface area contributed by atoms with Gasteiger partial charge in [0.05, 0.1) is 11.5 Å². The Hall–Kier alpha value is -1.61. The van der Waals surface area contributed by atoms with Crippen molar-refractivity contribution in [3.63, 3.8) is 0 Å². The zero-order valence-electron chi connectivity index (χ0n) is 8.55. The lowest BCUT2D eigenvalue weighted by molar-refractivity contribution is 0.602. The smallest absolute Gasteiger partial charge is 0.152 e. The van der Waals surface area contributed by atoms with Crippen LogP contribution in [-0.4, -0.2) is 30.9 Å². The minimum Gasteiger partial charge on any atom is -0.381 e. The molecule has 1 aromatic heterocycles. The van der Waals surface area contributed by atoms with E-state index in [1.807, 2.05) is 6.07 Å².